The smallest absolute Gasteiger partial charge is 0.180 e. The van der Waals surface area contributed by atoms with Crippen LogP contribution in [0.1, 0.15) is 15.9 Å². The Morgan fingerprint density at radius 2 is 2.27 bits per heavy atom. The van der Waals surface area contributed by atoms with Crippen LogP contribution in [0.2, 0.25) is 0 Å². The van der Waals surface area contributed by atoms with Crippen LogP contribution in [0.15, 0.2) is 10.5 Å². The first-order valence-electron chi connectivity index (χ1n) is 4.34. The van der Waals surface area contributed by atoms with Gasteiger partial charge in [0.05, 0.1) is 12.1 Å². The molecule has 2 N–H and O–H groups in total. The van der Waals surface area contributed by atoms with Crippen molar-refractivity contribution in [1.82, 2.24) is 5.32 Å². The normalized spacial score (nSPS) is 10.4. The molecule has 82 valence electrons. The summed E-state index contributed by atoms with van der Waals surface area (Å²) >= 11 is 3.13. The summed E-state index contributed by atoms with van der Waals surface area (Å²) in [4.78, 5) is 11.6. The molecule has 0 atom stereocenters. The number of Topliss-reactive ketones (excluding diaryl/α,β-unsaturated/α-hetero) is 1. The largest absolute Gasteiger partial charge is 0.504 e. The van der Waals surface area contributed by atoms with E-state index in [1.54, 1.807) is 14.0 Å². The van der Waals surface area contributed by atoms with E-state index >= 15 is 0 Å². The summed E-state index contributed by atoms with van der Waals surface area (Å²) in [5.41, 5.74) is 0.561. The van der Waals surface area contributed by atoms with Gasteiger partial charge in [-0.05, 0) is 25.6 Å². The Labute approximate surface area is 95.4 Å². The first-order chi connectivity index (χ1) is 6.99. The number of aromatic hydroxyl groups is 1. The van der Waals surface area contributed by atoms with Crippen LogP contribution in [0.25, 0.3) is 0 Å². The van der Waals surface area contributed by atoms with Crippen molar-refractivity contribution in [3.8, 4) is 5.75 Å². The predicted octanol–water partition coefficient (Wildman–Crippen LogP) is 2.00. The Balaban J connectivity index is 3.32. The lowest BCUT2D eigenvalue weighted by atomic mass is 10.0. The Hall–Kier alpha value is -0.940. The molecule has 0 amide bonds. The molecular formula is C10H11BrFNO2. The summed E-state index contributed by atoms with van der Waals surface area (Å²) in [5, 5.41) is 12.1. The van der Waals surface area contributed by atoms with Crippen molar-refractivity contribution in [1.29, 1.82) is 0 Å². The summed E-state index contributed by atoms with van der Waals surface area (Å²) < 4.78 is 13.6. The Morgan fingerprint density at radius 3 is 2.80 bits per heavy atom. The number of benzene rings is 1. The maximum Gasteiger partial charge on any atom is 0.180 e. The number of ketones is 1. The van der Waals surface area contributed by atoms with Gasteiger partial charge in [-0.3, -0.25) is 4.79 Å². The second kappa shape index (κ2) is 4.72. The van der Waals surface area contributed by atoms with Gasteiger partial charge < -0.3 is 10.4 Å². The van der Waals surface area contributed by atoms with Crippen molar-refractivity contribution >= 4 is 21.7 Å². The third-order valence-electron chi connectivity index (χ3n) is 2.07. The summed E-state index contributed by atoms with van der Waals surface area (Å²) in [6, 6.07) is 1.14. The molecule has 1 rings (SSSR count). The van der Waals surface area contributed by atoms with Gasteiger partial charge in [-0.2, -0.15) is 0 Å². The molecule has 0 spiro atoms. The summed E-state index contributed by atoms with van der Waals surface area (Å²) in [6.07, 6.45) is 0. The van der Waals surface area contributed by atoms with Crippen molar-refractivity contribution in [2.24, 2.45) is 0 Å². The molecule has 0 unspecified atom stereocenters. The second-order valence-electron chi connectivity index (χ2n) is 3.14. The molecule has 0 fully saturated rings. The maximum absolute atomic E-state index is 13.2. The highest BCUT2D eigenvalue weighted by Crippen LogP contribution is 2.30. The van der Waals surface area contributed by atoms with Crippen LogP contribution in [-0.4, -0.2) is 24.5 Å². The maximum atomic E-state index is 13.2. The molecule has 15 heavy (non-hydrogen) atoms. The molecule has 0 aliphatic heterocycles. The van der Waals surface area contributed by atoms with Gasteiger partial charge >= 0.3 is 0 Å². The molecule has 1 aromatic rings. The van der Waals surface area contributed by atoms with Crippen molar-refractivity contribution in [3.05, 3.63) is 27.5 Å². The molecule has 0 bridgehead atoms. The van der Waals surface area contributed by atoms with E-state index in [1.807, 2.05) is 0 Å². The number of likely N-dealkylation sites (N-methyl/N-ethyl adjacent to an activating group) is 1. The summed E-state index contributed by atoms with van der Waals surface area (Å²) in [7, 11) is 1.61. The van der Waals surface area contributed by atoms with Gasteiger partial charge in [-0.15, -0.1) is 0 Å². The minimum atomic E-state index is -0.799. The van der Waals surface area contributed by atoms with Gasteiger partial charge in [0.25, 0.3) is 0 Å². The van der Waals surface area contributed by atoms with Gasteiger partial charge in [-0.1, -0.05) is 15.9 Å². The first kappa shape index (κ1) is 12.1. The molecule has 3 nitrogen and oxygen atoms in total. The van der Waals surface area contributed by atoms with E-state index < -0.39 is 11.6 Å². The molecule has 5 heteroatoms. The Bertz CT molecular complexity index is 381. The third kappa shape index (κ3) is 2.35. The number of hydrogen-bond donors (Lipinski definition) is 2. The van der Waals surface area contributed by atoms with E-state index in [0.717, 1.165) is 6.07 Å². The lowest BCUT2D eigenvalue weighted by Crippen LogP contribution is -2.20. The zero-order chi connectivity index (χ0) is 11.6. The van der Waals surface area contributed by atoms with E-state index in [4.69, 9.17) is 0 Å². The number of rotatable bonds is 3. The second-order valence-corrected chi connectivity index (χ2v) is 4.00. The van der Waals surface area contributed by atoms with Crippen LogP contribution in [0, 0.1) is 12.7 Å². The highest BCUT2D eigenvalue weighted by Gasteiger charge is 2.19. The minimum absolute atomic E-state index is 0.0243. The van der Waals surface area contributed by atoms with Gasteiger partial charge in [0.15, 0.2) is 17.3 Å². The molecule has 0 saturated heterocycles. The predicted molar refractivity (Wildman–Crippen MR) is 58.8 cm³/mol. The standard InChI is InChI=1S/C10H11BrFNO2/c1-5-6(11)3-7(12)10(15)9(5)8(14)4-13-2/h3,13,15H,4H2,1-2H3. The van der Waals surface area contributed by atoms with Crippen LogP contribution in [0.4, 0.5) is 4.39 Å². The van der Waals surface area contributed by atoms with Crippen molar-refractivity contribution in [3.63, 3.8) is 0 Å². The minimum Gasteiger partial charge on any atom is -0.504 e. The number of phenolic OH excluding ortho intramolecular Hbond substituents is 1. The quantitative estimate of drug-likeness (QED) is 0.830. The fourth-order valence-corrected chi connectivity index (χ4v) is 1.69. The highest BCUT2D eigenvalue weighted by molar-refractivity contribution is 9.10. The topological polar surface area (TPSA) is 49.3 Å². The molecule has 0 aliphatic rings. The monoisotopic (exact) mass is 275 g/mol. The van der Waals surface area contributed by atoms with Crippen molar-refractivity contribution in [2.75, 3.05) is 13.6 Å². The fraction of sp³-hybridized carbons (Fsp3) is 0.300. The SMILES string of the molecule is CNCC(=O)c1c(C)c(Br)cc(F)c1O. The zero-order valence-electron chi connectivity index (χ0n) is 8.40. The Kier molecular flexibility index (Phi) is 3.82. The number of hydrogen-bond acceptors (Lipinski definition) is 3. The van der Waals surface area contributed by atoms with Crippen LogP contribution in [0.5, 0.6) is 5.75 Å². The molecule has 0 saturated carbocycles. The van der Waals surface area contributed by atoms with Gasteiger partial charge in [0.1, 0.15) is 0 Å². The number of phenols is 1. The van der Waals surface area contributed by atoms with Crippen LogP contribution in [-0.2, 0) is 0 Å². The van der Waals surface area contributed by atoms with Gasteiger partial charge in [0, 0.05) is 4.47 Å². The Morgan fingerprint density at radius 1 is 1.67 bits per heavy atom. The third-order valence-corrected chi connectivity index (χ3v) is 2.89. The summed E-state index contributed by atoms with van der Waals surface area (Å²) in [6.45, 7) is 1.70. The van der Waals surface area contributed by atoms with Crippen LogP contribution >= 0.6 is 15.9 Å². The van der Waals surface area contributed by atoms with Crippen molar-refractivity contribution < 1.29 is 14.3 Å². The number of carbonyl (C=O) groups is 1. The van der Waals surface area contributed by atoms with E-state index in [-0.39, 0.29) is 17.9 Å². The van der Waals surface area contributed by atoms with Gasteiger partial charge in [0.2, 0.25) is 0 Å². The molecular weight excluding hydrogens is 265 g/mol. The lowest BCUT2D eigenvalue weighted by molar-refractivity contribution is 0.0989. The van der Waals surface area contributed by atoms with Crippen LogP contribution < -0.4 is 5.32 Å². The molecule has 0 heterocycles. The lowest BCUT2D eigenvalue weighted by Gasteiger charge is -2.09. The number of nitrogens with one attached hydrogen (secondary N) is 1. The first-order valence-corrected chi connectivity index (χ1v) is 5.13. The average molecular weight is 276 g/mol. The molecule has 0 radical (unpaired) electrons. The van der Waals surface area contributed by atoms with E-state index in [2.05, 4.69) is 21.2 Å². The van der Waals surface area contributed by atoms with Gasteiger partial charge in [-0.25, -0.2) is 4.39 Å². The van der Waals surface area contributed by atoms with E-state index in [9.17, 15) is 14.3 Å². The molecule has 0 aromatic heterocycles. The van der Waals surface area contributed by atoms with E-state index in [1.165, 1.54) is 0 Å². The number of carbonyl (C=O) groups excluding carboxylic acids is 1. The summed E-state index contributed by atoms with van der Waals surface area (Å²) in [5.74, 6) is -1.73. The molecule has 0 aliphatic carbocycles. The van der Waals surface area contributed by atoms with Crippen LogP contribution in [0.3, 0.4) is 0 Å². The van der Waals surface area contributed by atoms with E-state index in [0.29, 0.717) is 10.0 Å². The highest BCUT2D eigenvalue weighted by atomic mass is 79.9. The van der Waals surface area contributed by atoms with Crippen molar-refractivity contribution in [2.45, 2.75) is 6.92 Å². The molecule has 1 aromatic carbocycles. The zero-order valence-corrected chi connectivity index (χ0v) is 9.98. The average Bonchev–Trinajstić information content (AvgIpc) is 2.16. The number of halogens is 2. The fourth-order valence-electron chi connectivity index (χ4n) is 1.29.